The van der Waals surface area contributed by atoms with Crippen LogP contribution in [0.25, 0.3) is 0 Å². The average molecular weight is 755 g/mol. The van der Waals surface area contributed by atoms with Gasteiger partial charge in [0.1, 0.15) is 6.61 Å². The zero-order chi connectivity index (χ0) is 39.3. The highest BCUT2D eigenvalue weighted by Gasteiger charge is 2.16. The molecule has 0 amide bonds. The molecule has 0 aliphatic heterocycles. The van der Waals surface area contributed by atoms with Crippen LogP contribution < -0.4 is 0 Å². The van der Waals surface area contributed by atoms with E-state index in [1.807, 2.05) is 0 Å². The second kappa shape index (κ2) is 45.0. The highest BCUT2D eigenvalue weighted by molar-refractivity contribution is 5.70. The van der Waals surface area contributed by atoms with E-state index in [0.717, 1.165) is 77.0 Å². The van der Waals surface area contributed by atoms with Crippen LogP contribution in [0.15, 0.2) is 60.8 Å². The van der Waals surface area contributed by atoms with Crippen molar-refractivity contribution in [3.05, 3.63) is 60.8 Å². The van der Waals surface area contributed by atoms with Gasteiger partial charge in [0.05, 0.1) is 6.61 Å². The van der Waals surface area contributed by atoms with Crippen LogP contribution in [-0.4, -0.2) is 36.4 Å². The van der Waals surface area contributed by atoms with Crippen molar-refractivity contribution < 1.29 is 24.2 Å². The zero-order valence-electron chi connectivity index (χ0n) is 35.5. The minimum absolute atomic E-state index is 0.0743. The Morgan fingerprint density at radius 2 is 0.796 bits per heavy atom. The van der Waals surface area contributed by atoms with Crippen LogP contribution in [0.4, 0.5) is 0 Å². The van der Waals surface area contributed by atoms with E-state index < -0.39 is 6.10 Å². The Morgan fingerprint density at radius 1 is 0.444 bits per heavy atom. The molecule has 0 fully saturated rings. The average Bonchev–Trinajstić information content (AvgIpc) is 3.17. The molecule has 0 aromatic rings. The molecule has 0 spiro atoms. The van der Waals surface area contributed by atoms with E-state index in [2.05, 4.69) is 74.6 Å². The number of hydrogen-bond donors (Lipinski definition) is 1. The monoisotopic (exact) mass is 755 g/mol. The van der Waals surface area contributed by atoms with Crippen molar-refractivity contribution >= 4 is 11.9 Å². The van der Waals surface area contributed by atoms with Crippen LogP contribution >= 0.6 is 0 Å². The summed E-state index contributed by atoms with van der Waals surface area (Å²) in [5.41, 5.74) is 0. The van der Waals surface area contributed by atoms with Gasteiger partial charge in [-0.05, 0) is 77.0 Å². The minimum atomic E-state index is -0.782. The molecule has 0 saturated carbocycles. The molecule has 0 aromatic carbocycles. The molecule has 5 nitrogen and oxygen atoms in total. The Morgan fingerprint density at radius 3 is 1.20 bits per heavy atom. The van der Waals surface area contributed by atoms with E-state index in [1.54, 1.807) is 0 Å². The first-order valence-electron chi connectivity index (χ1n) is 22.8. The summed E-state index contributed by atoms with van der Waals surface area (Å²) in [7, 11) is 0. The molecule has 1 N–H and O–H groups in total. The molecule has 1 unspecified atom stereocenters. The molecule has 312 valence electrons. The number of rotatable bonds is 41. The molecule has 5 heteroatoms. The van der Waals surface area contributed by atoms with E-state index in [4.69, 9.17) is 9.47 Å². The Hall–Kier alpha value is -2.40. The van der Waals surface area contributed by atoms with E-state index in [0.29, 0.717) is 12.8 Å². The molecule has 0 aliphatic rings. The van der Waals surface area contributed by atoms with Crippen molar-refractivity contribution in [2.45, 2.75) is 225 Å². The summed E-state index contributed by atoms with van der Waals surface area (Å²) in [5.74, 6) is -0.610. The van der Waals surface area contributed by atoms with Crippen LogP contribution in [0, 0.1) is 0 Å². The summed E-state index contributed by atoms with van der Waals surface area (Å²) < 4.78 is 10.6. The lowest BCUT2D eigenvalue weighted by Gasteiger charge is -2.15. The zero-order valence-corrected chi connectivity index (χ0v) is 35.5. The number of ether oxygens (including phenoxy) is 2. The van der Waals surface area contributed by atoms with Crippen LogP contribution in [0.2, 0.25) is 0 Å². The van der Waals surface area contributed by atoms with Crippen LogP contribution in [0.1, 0.15) is 219 Å². The van der Waals surface area contributed by atoms with Crippen LogP contribution in [-0.2, 0) is 19.1 Å². The lowest BCUT2D eigenvalue weighted by molar-refractivity contribution is -0.161. The van der Waals surface area contributed by atoms with Gasteiger partial charge in [0, 0.05) is 12.8 Å². The van der Waals surface area contributed by atoms with Crippen molar-refractivity contribution in [1.82, 2.24) is 0 Å². The largest absolute Gasteiger partial charge is 0.462 e. The molecule has 54 heavy (non-hydrogen) atoms. The summed E-state index contributed by atoms with van der Waals surface area (Å²) in [5, 5.41) is 9.58. The summed E-state index contributed by atoms with van der Waals surface area (Å²) in [6.45, 7) is 4.01. The Labute approximate surface area is 334 Å². The number of aliphatic hydroxyl groups is 1. The normalized spacial score (nSPS) is 12.7. The van der Waals surface area contributed by atoms with Crippen molar-refractivity contribution in [2.24, 2.45) is 0 Å². The molecular weight excluding hydrogens is 669 g/mol. The molecule has 0 rings (SSSR count). The van der Waals surface area contributed by atoms with Crippen LogP contribution in [0.3, 0.4) is 0 Å². The molecule has 0 radical (unpaired) electrons. The summed E-state index contributed by atoms with van der Waals surface area (Å²) in [4.78, 5) is 24.3. The standard InChI is InChI=1S/C49H86O5/c1-3-5-7-9-11-13-15-17-19-20-21-22-23-24-25-26-27-28-30-31-33-35-37-39-41-43-48(51)53-46-47(45-50)54-49(52)44-42-40-38-36-34-32-29-18-16-14-12-10-8-6-4-2/h6,8,12,14-15,17-18,20-21,29,47,50H,3-5,7,9-11,13,16,19,22-28,30-46H2,1-2H3/b8-6-,14-12-,17-15-,21-20-,29-18-. The predicted octanol–water partition coefficient (Wildman–Crippen LogP) is 14.7. The van der Waals surface area contributed by atoms with Crippen molar-refractivity contribution in [2.75, 3.05) is 13.2 Å². The lowest BCUT2D eigenvalue weighted by Crippen LogP contribution is -2.28. The maximum Gasteiger partial charge on any atom is 0.306 e. The number of aliphatic hydroxyl groups excluding tert-OH is 1. The van der Waals surface area contributed by atoms with Gasteiger partial charge < -0.3 is 14.6 Å². The van der Waals surface area contributed by atoms with E-state index in [9.17, 15) is 14.7 Å². The lowest BCUT2D eigenvalue weighted by atomic mass is 10.0. The summed E-state index contributed by atoms with van der Waals surface area (Å²) in [6.07, 6.45) is 58.7. The van der Waals surface area contributed by atoms with Crippen molar-refractivity contribution in [1.29, 1.82) is 0 Å². The maximum atomic E-state index is 12.2. The molecular formula is C49H86O5. The predicted molar refractivity (Wildman–Crippen MR) is 233 cm³/mol. The first-order chi connectivity index (χ1) is 26.6. The second-order valence-electron chi connectivity index (χ2n) is 15.1. The molecule has 0 heterocycles. The summed E-state index contributed by atoms with van der Waals surface area (Å²) in [6, 6.07) is 0. The Kier molecular flexibility index (Phi) is 43.0. The molecule has 1 atom stereocenters. The van der Waals surface area contributed by atoms with Gasteiger partial charge in [0.15, 0.2) is 6.10 Å². The number of allylic oxidation sites excluding steroid dienone is 10. The minimum Gasteiger partial charge on any atom is -0.462 e. The van der Waals surface area contributed by atoms with Gasteiger partial charge in [0.25, 0.3) is 0 Å². The second-order valence-corrected chi connectivity index (χ2v) is 15.1. The molecule has 0 aromatic heterocycles. The molecule has 0 saturated heterocycles. The number of hydrogen-bond acceptors (Lipinski definition) is 5. The van der Waals surface area contributed by atoms with Gasteiger partial charge in [0.2, 0.25) is 0 Å². The quantitative estimate of drug-likeness (QED) is 0.0382. The summed E-state index contributed by atoms with van der Waals surface area (Å²) >= 11 is 0. The third-order valence-electron chi connectivity index (χ3n) is 9.80. The number of esters is 2. The highest BCUT2D eigenvalue weighted by atomic mass is 16.6. The topological polar surface area (TPSA) is 72.8 Å². The third kappa shape index (κ3) is 42.3. The molecule has 0 bridgehead atoms. The van der Waals surface area contributed by atoms with E-state index in [-0.39, 0.29) is 25.2 Å². The van der Waals surface area contributed by atoms with Crippen molar-refractivity contribution in [3.63, 3.8) is 0 Å². The number of carbonyl (C=O) groups excluding carboxylic acids is 2. The smallest absolute Gasteiger partial charge is 0.306 e. The number of unbranched alkanes of at least 4 members (excludes halogenated alkanes) is 23. The van der Waals surface area contributed by atoms with Gasteiger partial charge in [-0.15, -0.1) is 0 Å². The van der Waals surface area contributed by atoms with Gasteiger partial charge in [-0.25, -0.2) is 0 Å². The van der Waals surface area contributed by atoms with Crippen LogP contribution in [0.5, 0.6) is 0 Å². The van der Waals surface area contributed by atoms with E-state index in [1.165, 1.54) is 116 Å². The fraction of sp³-hybridized carbons (Fsp3) is 0.755. The fourth-order valence-electron chi connectivity index (χ4n) is 6.36. The van der Waals surface area contributed by atoms with Gasteiger partial charge in [-0.2, -0.15) is 0 Å². The van der Waals surface area contributed by atoms with Gasteiger partial charge in [-0.3, -0.25) is 9.59 Å². The fourth-order valence-corrected chi connectivity index (χ4v) is 6.36. The van der Waals surface area contributed by atoms with Crippen molar-refractivity contribution in [3.8, 4) is 0 Å². The Balaban J connectivity index is 3.52. The van der Waals surface area contributed by atoms with Gasteiger partial charge >= 0.3 is 11.9 Å². The van der Waals surface area contributed by atoms with Gasteiger partial charge in [-0.1, -0.05) is 190 Å². The first-order valence-corrected chi connectivity index (χ1v) is 22.8. The van der Waals surface area contributed by atoms with E-state index >= 15 is 0 Å². The highest BCUT2D eigenvalue weighted by Crippen LogP contribution is 2.14. The third-order valence-corrected chi connectivity index (χ3v) is 9.80. The maximum absolute atomic E-state index is 12.2. The number of carbonyl (C=O) groups is 2. The Bertz CT molecular complexity index is 946. The molecule has 0 aliphatic carbocycles. The first kappa shape index (κ1) is 51.6. The SMILES string of the molecule is CC/C=C\C/C=C\C/C=C\CCCCCCCC(=O)OC(CO)COC(=O)CCCCCCCCCCCCCCC/C=C\C/C=C\CCCCCCC.